The Kier molecular flexibility index (Phi) is 4.19. The molecule has 2 rings (SSSR count). The van der Waals surface area contributed by atoms with Gasteiger partial charge in [0.1, 0.15) is 12.4 Å². The summed E-state index contributed by atoms with van der Waals surface area (Å²) < 4.78 is 5.77. The van der Waals surface area contributed by atoms with Crippen molar-refractivity contribution in [3.8, 4) is 5.75 Å². The maximum absolute atomic E-state index is 5.77. The van der Waals surface area contributed by atoms with E-state index in [-0.39, 0.29) is 0 Å². The molecule has 0 bridgehead atoms. The minimum atomic E-state index is 0.542. The first-order valence-electron chi connectivity index (χ1n) is 6.03. The Morgan fingerprint density at radius 3 is 2.69 bits per heavy atom. The first-order chi connectivity index (χ1) is 7.90. The molecule has 0 amide bonds. The molecule has 88 valence electrons. The third-order valence-electron chi connectivity index (χ3n) is 3.06. The van der Waals surface area contributed by atoms with Gasteiger partial charge in [-0.3, -0.25) is 4.90 Å². The van der Waals surface area contributed by atoms with E-state index in [0.717, 1.165) is 24.5 Å². The van der Waals surface area contributed by atoms with E-state index in [0.29, 0.717) is 6.54 Å². The highest BCUT2D eigenvalue weighted by Crippen LogP contribution is 2.17. The highest BCUT2D eigenvalue weighted by atomic mass is 16.5. The van der Waals surface area contributed by atoms with Crippen molar-refractivity contribution in [2.45, 2.75) is 19.4 Å². The summed E-state index contributed by atoms with van der Waals surface area (Å²) in [5.74, 6) is 0.934. The van der Waals surface area contributed by atoms with Gasteiger partial charge in [0.2, 0.25) is 0 Å². The van der Waals surface area contributed by atoms with Gasteiger partial charge in [0.25, 0.3) is 0 Å². The quantitative estimate of drug-likeness (QED) is 0.819. The molecule has 0 atom stereocenters. The van der Waals surface area contributed by atoms with Crippen molar-refractivity contribution in [1.82, 2.24) is 4.90 Å². The maximum Gasteiger partial charge on any atom is 0.123 e. The summed E-state index contributed by atoms with van der Waals surface area (Å²) in [5.41, 5.74) is 6.74. The van der Waals surface area contributed by atoms with E-state index in [1.807, 2.05) is 24.3 Å². The molecule has 0 spiro atoms. The van der Waals surface area contributed by atoms with Gasteiger partial charge < -0.3 is 10.5 Å². The molecule has 0 radical (unpaired) electrons. The first kappa shape index (κ1) is 11.4. The second kappa shape index (κ2) is 5.87. The largest absolute Gasteiger partial charge is 0.492 e. The number of hydrogen-bond acceptors (Lipinski definition) is 3. The van der Waals surface area contributed by atoms with Gasteiger partial charge in [-0.2, -0.15) is 0 Å². The second-order valence-electron chi connectivity index (χ2n) is 4.21. The Hall–Kier alpha value is -1.06. The van der Waals surface area contributed by atoms with Crippen molar-refractivity contribution < 1.29 is 4.74 Å². The number of para-hydroxylation sites is 1. The average molecular weight is 220 g/mol. The van der Waals surface area contributed by atoms with Gasteiger partial charge in [-0.15, -0.1) is 0 Å². The standard InChI is InChI=1S/C13H20N2O/c14-11-12-5-1-2-6-13(12)16-10-9-15-7-3-4-8-15/h1-2,5-6H,3-4,7-11,14H2. The van der Waals surface area contributed by atoms with Crippen LogP contribution in [0.2, 0.25) is 0 Å². The van der Waals surface area contributed by atoms with Crippen molar-refractivity contribution in [2.75, 3.05) is 26.2 Å². The van der Waals surface area contributed by atoms with Crippen LogP contribution in [0.5, 0.6) is 5.75 Å². The van der Waals surface area contributed by atoms with Crippen LogP contribution in [0.15, 0.2) is 24.3 Å². The highest BCUT2D eigenvalue weighted by Gasteiger charge is 2.11. The van der Waals surface area contributed by atoms with Crippen molar-refractivity contribution in [3.05, 3.63) is 29.8 Å². The minimum Gasteiger partial charge on any atom is -0.492 e. The molecular weight excluding hydrogens is 200 g/mol. The van der Waals surface area contributed by atoms with Gasteiger partial charge in [0, 0.05) is 18.7 Å². The van der Waals surface area contributed by atoms with E-state index in [1.54, 1.807) is 0 Å². The van der Waals surface area contributed by atoms with Crippen LogP contribution >= 0.6 is 0 Å². The number of likely N-dealkylation sites (tertiary alicyclic amines) is 1. The Morgan fingerprint density at radius 1 is 1.19 bits per heavy atom. The molecule has 0 saturated carbocycles. The lowest BCUT2D eigenvalue weighted by atomic mass is 10.2. The van der Waals surface area contributed by atoms with Crippen LogP contribution in [0.3, 0.4) is 0 Å². The van der Waals surface area contributed by atoms with E-state index >= 15 is 0 Å². The van der Waals surface area contributed by atoms with Gasteiger partial charge in [0.05, 0.1) is 0 Å². The predicted octanol–water partition coefficient (Wildman–Crippen LogP) is 1.62. The zero-order valence-corrected chi connectivity index (χ0v) is 9.69. The fourth-order valence-electron chi connectivity index (χ4n) is 2.10. The monoisotopic (exact) mass is 220 g/mol. The molecule has 0 aromatic heterocycles. The Bertz CT molecular complexity index is 321. The molecule has 1 aliphatic rings. The molecule has 1 aromatic rings. The van der Waals surface area contributed by atoms with Crippen LogP contribution in [-0.2, 0) is 6.54 Å². The van der Waals surface area contributed by atoms with Gasteiger partial charge in [-0.05, 0) is 32.0 Å². The van der Waals surface area contributed by atoms with Gasteiger partial charge in [-0.25, -0.2) is 0 Å². The predicted molar refractivity (Wildman–Crippen MR) is 65.5 cm³/mol. The third-order valence-corrected chi connectivity index (χ3v) is 3.06. The Balaban J connectivity index is 1.79. The molecule has 1 aromatic carbocycles. The SMILES string of the molecule is NCc1ccccc1OCCN1CCCC1. The molecular formula is C13H20N2O. The van der Waals surface area contributed by atoms with Crippen molar-refractivity contribution in [3.63, 3.8) is 0 Å². The maximum atomic E-state index is 5.77. The summed E-state index contributed by atoms with van der Waals surface area (Å²) in [6.07, 6.45) is 2.67. The van der Waals surface area contributed by atoms with E-state index < -0.39 is 0 Å². The lowest BCUT2D eigenvalue weighted by Gasteiger charge is -2.16. The molecule has 1 fully saturated rings. The molecule has 0 aliphatic carbocycles. The summed E-state index contributed by atoms with van der Waals surface area (Å²) >= 11 is 0. The smallest absolute Gasteiger partial charge is 0.123 e. The molecule has 3 nitrogen and oxygen atoms in total. The van der Waals surface area contributed by atoms with Gasteiger partial charge in [0.15, 0.2) is 0 Å². The number of rotatable bonds is 5. The molecule has 2 N–H and O–H groups in total. The molecule has 3 heteroatoms. The highest BCUT2D eigenvalue weighted by molar-refractivity contribution is 5.32. The Labute approximate surface area is 97.2 Å². The van der Waals surface area contributed by atoms with Crippen molar-refractivity contribution >= 4 is 0 Å². The average Bonchev–Trinajstić information content (AvgIpc) is 2.83. The number of nitrogens with zero attached hydrogens (tertiary/aromatic N) is 1. The van der Waals surface area contributed by atoms with E-state index in [4.69, 9.17) is 10.5 Å². The fourth-order valence-corrected chi connectivity index (χ4v) is 2.10. The van der Waals surface area contributed by atoms with Crippen LogP contribution in [0, 0.1) is 0 Å². The van der Waals surface area contributed by atoms with Gasteiger partial charge in [-0.1, -0.05) is 18.2 Å². The lowest BCUT2D eigenvalue weighted by molar-refractivity contribution is 0.236. The number of benzene rings is 1. The molecule has 1 heterocycles. The van der Waals surface area contributed by atoms with Gasteiger partial charge >= 0.3 is 0 Å². The third kappa shape index (κ3) is 2.97. The number of ether oxygens (including phenoxy) is 1. The van der Waals surface area contributed by atoms with Crippen LogP contribution in [0.1, 0.15) is 18.4 Å². The summed E-state index contributed by atoms with van der Waals surface area (Å²) in [6, 6.07) is 8.00. The summed E-state index contributed by atoms with van der Waals surface area (Å²) in [7, 11) is 0. The minimum absolute atomic E-state index is 0.542. The topological polar surface area (TPSA) is 38.5 Å². The van der Waals surface area contributed by atoms with Crippen molar-refractivity contribution in [2.24, 2.45) is 5.73 Å². The lowest BCUT2D eigenvalue weighted by Crippen LogP contribution is -2.25. The van der Waals surface area contributed by atoms with E-state index in [2.05, 4.69) is 4.90 Å². The van der Waals surface area contributed by atoms with Crippen LogP contribution < -0.4 is 10.5 Å². The normalized spacial score (nSPS) is 16.6. The summed E-state index contributed by atoms with van der Waals surface area (Å²) in [6.45, 7) is 4.78. The summed E-state index contributed by atoms with van der Waals surface area (Å²) in [5, 5.41) is 0. The number of hydrogen-bond donors (Lipinski definition) is 1. The van der Waals surface area contributed by atoms with E-state index in [9.17, 15) is 0 Å². The molecule has 1 saturated heterocycles. The van der Waals surface area contributed by atoms with Crippen LogP contribution in [0.4, 0.5) is 0 Å². The summed E-state index contributed by atoms with van der Waals surface area (Å²) in [4.78, 5) is 2.45. The molecule has 1 aliphatic heterocycles. The van der Waals surface area contributed by atoms with E-state index in [1.165, 1.54) is 25.9 Å². The van der Waals surface area contributed by atoms with Crippen LogP contribution in [-0.4, -0.2) is 31.1 Å². The number of nitrogens with two attached hydrogens (primary N) is 1. The van der Waals surface area contributed by atoms with Crippen LogP contribution in [0.25, 0.3) is 0 Å². The second-order valence-corrected chi connectivity index (χ2v) is 4.21. The molecule has 0 unspecified atom stereocenters. The zero-order chi connectivity index (χ0) is 11.2. The first-order valence-corrected chi connectivity index (χ1v) is 6.03. The molecule has 16 heavy (non-hydrogen) atoms. The van der Waals surface area contributed by atoms with Crippen molar-refractivity contribution in [1.29, 1.82) is 0 Å². The zero-order valence-electron chi connectivity index (χ0n) is 9.69. The fraction of sp³-hybridized carbons (Fsp3) is 0.538. The Morgan fingerprint density at radius 2 is 1.94 bits per heavy atom.